The van der Waals surface area contributed by atoms with Gasteiger partial charge in [0.2, 0.25) is 0 Å². The minimum absolute atomic E-state index is 0.167. The average molecular weight is 255 g/mol. The quantitative estimate of drug-likeness (QED) is 0.770. The summed E-state index contributed by atoms with van der Waals surface area (Å²) in [4.78, 5) is 0. The van der Waals surface area contributed by atoms with Crippen molar-refractivity contribution in [2.24, 2.45) is 0 Å². The Morgan fingerprint density at radius 3 is 2.94 bits per heavy atom. The molecule has 1 aliphatic rings. The van der Waals surface area contributed by atoms with Gasteiger partial charge in [-0.3, -0.25) is 0 Å². The first-order chi connectivity index (χ1) is 8.13. The van der Waals surface area contributed by atoms with E-state index in [1.165, 1.54) is 5.56 Å². The van der Waals surface area contributed by atoms with Crippen molar-refractivity contribution in [2.45, 2.75) is 37.2 Å². The van der Waals surface area contributed by atoms with Crippen LogP contribution in [0.3, 0.4) is 0 Å². The highest BCUT2D eigenvalue weighted by Crippen LogP contribution is 2.33. The van der Waals surface area contributed by atoms with Crippen molar-refractivity contribution >= 4 is 11.6 Å². The molecule has 2 nitrogen and oxygen atoms in total. The van der Waals surface area contributed by atoms with Gasteiger partial charge in [0.15, 0.2) is 0 Å². The third-order valence-corrected chi connectivity index (χ3v) is 3.66. The summed E-state index contributed by atoms with van der Waals surface area (Å²) in [5, 5.41) is 0.225. The number of benzene rings is 1. The zero-order valence-electron chi connectivity index (χ0n) is 10.4. The van der Waals surface area contributed by atoms with Crippen molar-refractivity contribution in [1.82, 2.24) is 0 Å². The minimum Gasteiger partial charge on any atom is -0.496 e. The largest absolute Gasteiger partial charge is 0.496 e. The Morgan fingerprint density at radius 1 is 1.47 bits per heavy atom. The van der Waals surface area contributed by atoms with Crippen LogP contribution in [-0.2, 0) is 11.2 Å². The van der Waals surface area contributed by atoms with Gasteiger partial charge < -0.3 is 9.47 Å². The molecule has 2 unspecified atom stereocenters. The summed E-state index contributed by atoms with van der Waals surface area (Å²) >= 11 is 6.23. The molecule has 3 heteroatoms. The molecule has 0 saturated carbocycles. The van der Waals surface area contributed by atoms with E-state index in [1.807, 2.05) is 18.2 Å². The van der Waals surface area contributed by atoms with E-state index in [0.717, 1.165) is 31.6 Å². The first-order valence-electron chi connectivity index (χ1n) is 6.03. The van der Waals surface area contributed by atoms with Crippen LogP contribution in [-0.4, -0.2) is 24.7 Å². The van der Waals surface area contributed by atoms with Crippen LogP contribution >= 0.6 is 11.6 Å². The normalized spacial score (nSPS) is 29.0. The van der Waals surface area contributed by atoms with E-state index in [9.17, 15) is 0 Å². The predicted octanol–water partition coefficient (Wildman–Crippen LogP) is 3.41. The van der Waals surface area contributed by atoms with Crippen LogP contribution in [0, 0.1) is 0 Å². The van der Waals surface area contributed by atoms with Gasteiger partial charge in [-0.15, -0.1) is 11.6 Å². The third-order valence-electron chi connectivity index (χ3n) is 3.29. The Kier molecular flexibility index (Phi) is 3.95. The zero-order valence-corrected chi connectivity index (χ0v) is 11.2. The lowest BCUT2D eigenvalue weighted by Gasteiger charge is -2.36. The molecule has 0 aliphatic carbocycles. The molecule has 1 aromatic rings. The van der Waals surface area contributed by atoms with Crippen LogP contribution in [0.25, 0.3) is 0 Å². The molecule has 2 rings (SSSR count). The van der Waals surface area contributed by atoms with E-state index < -0.39 is 0 Å². The SMILES string of the molecule is COc1ccccc1CC1(C)CC(Cl)CCO1. The maximum Gasteiger partial charge on any atom is 0.122 e. The lowest BCUT2D eigenvalue weighted by atomic mass is 9.88. The van der Waals surface area contributed by atoms with E-state index in [0.29, 0.717) is 0 Å². The van der Waals surface area contributed by atoms with Crippen LogP contribution in [0.1, 0.15) is 25.3 Å². The van der Waals surface area contributed by atoms with Crippen molar-refractivity contribution in [3.05, 3.63) is 29.8 Å². The Morgan fingerprint density at radius 2 is 2.24 bits per heavy atom. The summed E-state index contributed by atoms with van der Waals surface area (Å²) in [6.45, 7) is 2.88. The van der Waals surface area contributed by atoms with Crippen LogP contribution < -0.4 is 4.74 Å². The molecule has 0 spiro atoms. The van der Waals surface area contributed by atoms with Gasteiger partial charge in [0, 0.05) is 18.4 Å². The average Bonchev–Trinajstić information content (AvgIpc) is 2.29. The number of para-hydroxylation sites is 1. The Bertz CT molecular complexity index is 380. The Hall–Kier alpha value is -0.730. The molecule has 0 N–H and O–H groups in total. The molecule has 0 radical (unpaired) electrons. The van der Waals surface area contributed by atoms with E-state index in [1.54, 1.807) is 7.11 Å². The molecule has 1 aromatic carbocycles. The number of hydrogen-bond acceptors (Lipinski definition) is 2. The van der Waals surface area contributed by atoms with Crippen LogP contribution in [0.15, 0.2) is 24.3 Å². The second-order valence-electron chi connectivity index (χ2n) is 4.88. The molecule has 2 atom stereocenters. The van der Waals surface area contributed by atoms with Crippen molar-refractivity contribution in [3.63, 3.8) is 0 Å². The molecule has 1 heterocycles. The zero-order chi connectivity index (χ0) is 12.3. The summed E-state index contributed by atoms with van der Waals surface area (Å²) < 4.78 is 11.3. The van der Waals surface area contributed by atoms with E-state index in [2.05, 4.69) is 13.0 Å². The van der Waals surface area contributed by atoms with Crippen LogP contribution in [0.5, 0.6) is 5.75 Å². The van der Waals surface area contributed by atoms with E-state index in [-0.39, 0.29) is 11.0 Å². The van der Waals surface area contributed by atoms with Crippen molar-refractivity contribution in [2.75, 3.05) is 13.7 Å². The fraction of sp³-hybridized carbons (Fsp3) is 0.571. The summed E-state index contributed by atoms with van der Waals surface area (Å²) in [5.74, 6) is 0.925. The number of hydrogen-bond donors (Lipinski definition) is 0. The molecule has 1 aliphatic heterocycles. The molecule has 0 aromatic heterocycles. The molecule has 0 bridgehead atoms. The highest BCUT2D eigenvalue weighted by Gasteiger charge is 2.33. The summed E-state index contributed by atoms with van der Waals surface area (Å²) in [5.41, 5.74) is 1.02. The standard InChI is InChI=1S/C14H19ClO2/c1-14(10-12(15)7-8-17-14)9-11-5-3-4-6-13(11)16-2/h3-6,12H,7-10H2,1-2H3. The summed E-state index contributed by atoms with van der Waals surface area (Å²) in [7, 11) is 1.70. The van der Waals surface area contributed by atoms with Gasteiger partial charge in [-0.05, 0) is 31.4 Å². The fourth-order valence-electron chi connectivity index (χ4n) is 2.44. The second-order valence-corrected chi connectivity index (χ2v) is 5.49. The molecule has 94 valence electrons. The van der Waals surface area contributed by atoms with Gasteiger partial charge in [0.25, 0.3) is 0 Å². The van der Waals surface area contributed by atoms with Gasteiger partial charge in [0.1, 0.15) is 5.75 Å². The lowest BCUT2D eigenvalue weighted by Crippen LogP contribution is -2.39. The molecular weight excluding hydrogens is 236 g/mol. The Balaban J connectivity index is 2.13. The second kappa shape index (κ2) is 5.28. The number of methoxy groups -OCH3 is 1. The maximum absolute atomic E-state index is 6.23. The highest BCUT2D eigenvalue weighted by atomic mass is 35.5. The number of alkyl halides is 1. The molecule has 1 saturated heterocycles. The van der Waals surface area contributed by atoms with Gasteiger partial charge in [-0.1, -0.05) is 18.2 Å². The summed E-state index contributed by atoms with van der Waals surface area (Å²) in [6.07, 6.45) is 2.69. The van der Waals surface area contributed by atoms with Crippen LogP contribution in [0.2, 0.25) is 0 Å². The monoisotopic (exact) mass is 254 g/mol. The van der Waals surface area contributed by atoms with Gasteiger partial charge >= 0.3 is 0 Å². The Labute approximate surface area is 108 Å². The molecule has 1 fully saturated rings. The van der Waals surface area contributed by atoms with E-state index >= 15 is 0 Å². The molecular formula is C14H19ClO2. The van der Waals surface area contributed by atoms with Crippen molar-refractivity contribution in [3.8, 4) is 5.75 Å². The molecule has 17 heavy (non-hydrogen) atoms. The topological polar surface area (TPSA) is 18.5 Å². The highest BCUT2D eigenvalue weighted by molar-refractivity contribution is 6.20. The van der Waals surface area contributed by atoms with Gasteiger partial charge in [0.05, 0.1) is 12.7 Å². The minimum atomic E-state index is -0.167. The smallest absolute Gasteiger partial charge is 0.122 e. The van der Waals surface area contributed by atoms with Gasteiger partial charge in [-0.25, -0.2) is 0 Å². The van der Waals surface area contributed by atoms with Gasteiger partial charge in [-0.2, -0.15) is 0 Å². The van der Waals surface area contributed by atoms with Crippen LogP contribution in [0.4, 0.5) is 0 Å². The third kappa shape index (κ3) is 3.14. The van der Waals surface area contributed by atoms with Crippen molar-refractivity contribution in [1.29, 1.82) is 0 Å². The van der Waals surface area contributed by atoms with E-state index in [4.69, 9.17) is 21.1 Å². The number of halogens is 1. The number of rotatable bonds is 3. The first-order valence-corrected chi connectivity index (χ1v) is 6.46. The predicted molar refractivity (Wildman–Crippen MR) is 69.9 cm³/mol. The van der Waals surface area contributed by atoms with Crippen molar-refractivity contribution < 1.29 is 9.47 Å². The molecule has 0 amide bonds. The maximum atomic E-state index is 6.23. The number of ether oxygens (including phenoxy) is 2. The fourth-order valence-corrected chi connectivity index (χ4v) is 2.85. The summed E-state index contributed by atoms with van der Waals surface area (Å²) in [6, 6.07) is 8.09. The first kappa shape index (κ1) is 12.7. The lowest BCUT2D eigenvalue weighted by molar-refractivity contribution is -0.0627.